The number of aromatic nitrogens is 10. The van der Waals surface area contributed by atoms with Crippen LogP contribution in [0.2, 0.25) is 15.2 Å². The molecule has 0 saturated carbocycles. The fourth-order valence-corrected chi connectivity index (χ4v) is 9.29. The molecule has 0 radical (unpaired) electrons. The normalized spacial score (nSPS) is 16.2. The topological polar surface area (TPSA) is 195 Å². The van der Waals surface area contributed by atoms with Crippen LogP contribution < -0.4 is 15.4 Å². The number of nitrogens with one attached hydrogen (secondary N) is 4. The van der Waals surface area contributed by atoms with Gasteiger partial charge in [-0.25, -0.2) is 39.9 Å². The van der Waals surface area contributed by atoms with E-state index < -0.39 is 0 Å². The predicted octanol–water partition coefficient (Wildman–Crippen LogP) is 10.2. The number of hydrogen-bond acceptors (Lipinski definition) is 14. The molecule has 19 heteroatoms. The molecule has 8 aromatic rings. The number of halogens is 3. The van der Waals surface area contributed by atoms with E-state index in [2.05, 4.69) is 99.1 Å². The Kier molecular flexibility index (Phi) is 15.5. The van der Waals surface area contributed by atoms with Crippen LogP contribution in [-0.2, 0) is 0 Å². The SMILES string of the molecule is CC(C)N1CCC(O)CC1.CC(C)N1CCC(Oc2nc([C@H](C)Nc3ncnc4nc[nH]c34)cc3cccc(Cl)c23)CC1.C[C@H](Nc1ncnc2nc[nH]c12)c1cc2cccc(Cl)c2c(Cl)n1. The van der Waals surface area contributed by atoms with Gasteiger partial charge in [0, 0.05) is 43.6 Å². The van der Waals surface area contributed by atoms with Gasteiger partial charge in [0.05, 0.1) is 57.7 Å². The summed E-state index contributed by atoms with van der Waals surface area (Å²) in [4.78, 5) is 45.7. The van der Waals surface area contributed by atoms with Gasteiger partial charge in [0.1, 0.15) is 34.9 Å². The summed E-state index contributed by atoms with van der Waals surface area (Å²) >= 11 is 19.1. The Morgan fingerprint density at radius 1 is 0.627 bits per heavy atom. The zero-order valence-electron chi connectivity index (χ0n) is 38.5. The summed E-state index contributed by atoms with van der Waals surface area (Å²) in [6.07, 6.45) is 10.1. The van der Waals surface area contributed by atoms with E-state index in [9.17, 15) is 5.11 Å². The number of imidazole rings is 2. The molecule has 16 nitrogen and oxygen atoms in total. The predicted molar refractivity (Wildman–Crippen MR) is 268 cm³/mol. The lowest BCUT2D eigenvalue weighted by atomic mass is 10.1. The minimum absolute atomic E-state index is 0.0324. The number of anilines is 2. The number of fused-ring (bicyclic) bond motifs is 4. The van der Waals surface area contributed by atoms with Crippen LogP contribution >= 0.6 is 34.8 Å². The van der Waals surface area contributed by atoms with Crippen LogP contribution in [0.25, 0.3) is 43.9 Å². The zero-order chi connectivity index (χ0) is 47.2. The lowest BCUT2D eigenvalue weighted by molar-refractivity contribution is 0.0685. The number of aliphatic hydroxyl groups excluding tert-OH is 1. The second kappa shape index (κ2) is 21.6. The van der Waals surface area contributed by atoms with Crippen LogP contribution in [0.1, 0.15) is 90.7 Å². The maximum absolute atomic E-state index is 9.18. The lowest BCUT2D eigenvalue weighted by Gasteiger charge is -2.34. The molecule has 0 spiro atoms. The fourth-order valence-electron chi connectivity index (χ4n) is 8.40. The molecule has 0 amide bonds. The number of nitrogens with zero attached hydrogens (tertiary/aromatic N) is 10. The Morgan fingerprint density at radius 3 is 1.63 bits per heavy atom. The number of benzene rings is 2. The Hall–Kier alpha value is -5.49. The molecule has 2 saturated heterocycles. The third-order valence-electron chi connectivity index (χ3n) is 12.3. The van der Waals surface area contributed by atoms with Gasteiger partial charge >= 0.3 is 0 Å². The summed E-state index contributed by atoms with van der Waals surface area (Å²) in [5.41, 5.74) is 4.39. The maximum atomic E-state index is 9.18. The molecule has 5 N–H and O–H groups in total. The Bertz CT molecular complexity index is 2910. The first-order valence-corrected chi connectivity index (χ1v) is 23.9. The summed E-state index contributed by atoms with van der Waals surface area (Å²) < 4.78 is 6.48. The maximum Gasteiger partial charge on any atom is 0.223 e. The zero-order valence-corrected chi connectivity index (χ0v) is 40.8. The molecule has 2 aliphatic heterocycles. The van der Waals surface area contributed by atoms with Crippen molar-refractivity contribution in [3.8, 4) is 5.88 Å². The Balaban J connectivity index is 0.000000156. The van der Waals surface area contributed by atoms with Crippen LogP contribution in [0.15, 0.2) is 73.8 Å². The highest BCUT2D eigenvalue weighted by atomic mass is 35.5. The summed E-state index contributed by atoms with van der Waals surface area (Å²) in [7, 11) is 0. The molecule has 352 valence electrons. The van der Waals surface area contributed by atoms with E-state index in [1.807, 2.05) is 50.2 Å². The third-order valence-corrected chi connectivity index (χ3v) is 13.2. The summed E-state index contributed by atoms with van der Waals surface area (Å²) in [5.74, 6) is 1.94. The van der Waals surface area contributed by atoms with Gasteiger partial charge in [-0.15, -0.1) is 0 Å². The van der Waals surface area contributed by atoms with Crippen LogP contribution in [-0.4, -0.2) is 115 Å². The van der Waals surface area contributed by atoms with Crippen molar-refractivity contribution in [1.29, 1.82) is 0 Å². The molecule has 2 atom stereocenters. The van der Waals surface area contributed by atoms with Crippen molar-refractivity contribution in [2.75, 3.05) is 36.8 Å². The van der Waals surface area contributed by atoms with Crippen molar-refractivity contribution in [3.05, 3.63) is 100 Å². The largest absolute Gasteiger partial charge is 0.474 e. The number of hydrogen-bond donors (Lipinski definition) is 5. The molecule has 0 bridgehead atoms. The van der Waals surface area contributed by atoms with E-state index in [4.69, 9.17) is 44.5 Å². The van der Waals surface area contributed by atoms with Crippen LogP contribution in [0.5, 0.6) is 5.88 Å². The van der Waals surface area contributed by atoms with Crippen molar-refractivity contribution < 1.29 is 9.84 Å². The molecule has 8 heterocycles. The van der Waals surface area contributed by atoms with E-state index in [-0.39, 0.29) is 24.3 Å². The van der Waals surface area contributed by atoms with Gasteiger partial charge in [-0.2, -0.15) is 0 Å². The highest BCUT2D eigenvalue weighted by molar-refractivity contribution is 6.41. The van der Waals surface area contributed by atoms with Crippen LogP contribution in [0.3, 0.4) is 0 Å². The van der Waals surface area contributed by atoms with Gasteiger partial charge in [0.2, 0.25) is 5.88 Å². The molecule has 67 heavy (non-hydrogen) atoms. The lowest BCUT2D eigenvalue weighted by Crippen LogP contribution is -2.41. The molecular weight excluding hydrogens is 911 g/mol. The van der Waals surface area contributed by atoms with Crippen molar-refractivity contribution in [3.63, 3.8) is 0 Å². The Labute approximate surface area is 404 Å². The van der Waals surface area contributed by atoms with Crippen molar-refractivity contribution in [2.24, 2.45) is 0 Å². The van der Waals surface area contributed by atoms with Crippen molar-refractivity contribution >= 4 is 90.3 Å². The molecule has 0 unspecified atom stereocenters. The third kappa shape index (κ3) is 11.4. The number of likely N-dealkylation sites (tertiary alicyclic amines) is 2. The van der Waals surface area contributed by atoms with E-state index in [1.165, 1.54) is 12.7 Å². The van der Waals surface area contributed by atoms with Gasteiger partial charge in [0.25, 0.3) is 0 Å². The highest BCUT2D eigenvalue weighted by Gasteiger charge is 2.25. The second-order valence-electron chi connectivity index (χ2n) is 17.6. The van der Waals surface area contributed by atoms with E-state index in [0.717, 1.165) is 95.8 Å². The molecule has 2 fully saturated rings. The van der Waals surface area contributed by atoms with Gasteiger partial charge in [0.15, 0.2) is 22.9 Å². The number of piperidine rings is 2. The second-order valence-corrected chi connectivity index (χ2v) is 18.7. The summed E-state index contributed by atoms with van der Waals surface area (Å²) in [5, 5.41) is 21.1. The number of H-pyrrole nitrogens is 2. The van der Waals surface area contributed by atoms with Crippen molar-refractivity contribution in [2.45, 2.75) is 104 Å². The standard InChI is InChI=1S/C24H28ClN7O.C16H12Cl2N6.C8H17NO/c1-14(2)32-9-7-17(8-10-32)33-24-20-16(5-4-6-18(20)25)11-19(31-24)15(3)30-23-21-22(27-12-26-21)28-13-29-23;1-8(23-16-13-15(20-6-19-13)21-7-22-16)11-5-9-3-2-4-10(17)12(9)14(18)24-11;1-7(2)9-5-3-8(10)4-6-9/h4-6,11-15,17H,7-10H2,1-3H3,(H2,26,27,28,29,30);2-8H,1H3,(H2,19,20,21,22,23);7-8,10H,3-6H2,1-2H3/t15-;8-;/m00./s1. The van der Waals surface area contributed by atoms with Gasteiger partial charge < -0.3 is 40.2 Å². The fraction of sp³-hybridized carbons (Fsp3) is 0.417. The molecule has 0 aliphatic carbocycles. The molecule has 2 aliphatic rings. The van der Waals surface area contributed by atoms with Crippen LogP contribution in [0, 0.1) is 0 Å². The average molecular weight is 968 g/mol. The first-order chi connectivity index (χ1) is 32.3. The van der Waals surface area contributed by atoms with Gasteiger partial charge in [-0.1, -0.05) is 59.1 Å². The Morgan fingerprint density at radius 2 is 1.10 bits per heavy atom. The molecule has 6 aromatic heterocycles. The van der Waals surface area contributed by atoms with E-state index >= 15 is 0 Å². The molecule has 10 rings (SSSR count). The first kappa shape index (κ1) is 48.0. The highest BCUT2D eigenvalue weighted by Crippen LogP contribution is 2.36. The average Bonchev–Trinajstić information content (AvgIpc) is 4.01. The molecule has 2 aromatic carbocycles. The minimum Gasteiger partial charge on any atom is -0.474 e. The van der Waals surface area contributed by atoms with Gasteiger partial charge in [-0.3, -0.25) is 0 Å². The van der Waals surface area contributed by atoms with Crippen molar-refractivity contribution in [1.82, 2.24) is 59.6 Å². The minimum atomic E-state index is -0.125. The number of ether oxygens (including phenoxy) is 1. The number of aromatic amines is 2. The number of pyridine rings is 2. The van der Waals surface area contributed by atoms with E-state index in [0.29, 0.717) is 56.1 Å². The number of aliphatic hydroxyl groups is 1. The monoisotopic (exact) mass is 966 g/mol. The smallest absolute Gasteiger partial charge is 0.223 e. The quantitative estimate of drug-likeness (QED) is 0.0813. The van der Waals surface area contributed by atoms with Crippen LogP contribution in [0.4, 0.5) is 11.6 Å². The van der Waals surface area contributed by atoms with E-state index in [1.54, 1.807) is 18.7 Å². The van der Waals surface area contributed by atoms with Gasteiger partial charge in [-0.05, 0) is 102 Å². The first-order valence-electron chi connectivity index (χ1n) is 22.8. The summed E-state index contributed by atoms with van der Waals surface area (Å²) in [6.45, 7) is 17.1. The number of rotatable bonds is 10. The summed E-state index contributed by atoms with van der Waals surface area (Å²) in [6, 6.07) is 16.5. The molecular formula is C48H57Cl3N14O2.